The molecule has 2 aliphatic rings. The first-order valence-corrected chi connectivity index (χ1v) is 9.46. The minimum Gasteiger partial charge on any atom is -0.371 e. The third-order valence-corrected chi connectivity index (χ3v) is 5.74. The maximum absolute atomic E-state index is 6.00. The predicted molar refractivity (Wildman–Crippen MR) is 88.0 cm³/mol. The lowest BCUT2D eigenvalue weighted by molar-refractivity contribution is 0.0461. The highest BCUT2D eigenvalue weighted by atomic mass is 32.1. The van der Waals surface area contributed by atoms with Crippen LogP contribution in [0.4, 0.5) is 0 Å². The zero-order valence-electron chi connectivity index (χ0n) is 13.4. The first-order chi connectivity index (χ1) is 10.3. The van der Waals surface area contributed by atoms with Crippen molar-refractivity contribution < 1.29 is 4.74 Å². The Labute approximate surface area is 132 Å². The maximum atomic E-state index is 6.00. The van der Waals surface area contributed by atoms with E-state index in [4.69, 9.17) is 9.72 Å². The minimum atomic E-state index is 0.273. The summed E-state index contributed by atoms with van der Waals surface area (Å²) in [5.74, 6) is 1.35. The topological polar surface area (TPSA) is 34.1 Å². The van der Waals surface area contributed by atoms with Crippen molar-refractivity contribution >= 4 is 11.3 Å². The number of rotatable bonds is 8. The third kappa shape index (κ3) is 3.66. The van der Waals surface area contributed by atoms with Crippen molar-refractivity contribution in [2.75, 3.05) is 19.7 Å². The van der Waals surface area contributed by atoms with Crippen LogP contribution in [0.5, 0.6) is 0 Å². The van der Waals surface area contributed by atoms with Gasteiger partial charge in [-0.2, -0.15) is 0 Å². The van der Waals surface area contributed by atoms with Crippen LogP contribution in [0.3, 0.4) is 0 Å². The van der Waals surface area contributed by atoms with E-state index in [9.17, 15) is 0 Å². The lowest BCUT2D eigenvalue weighted by atomic mass is 9.91. The third-order valence-electron chi connectivity index (χ3n) is 4.54. The maximum Gasteiger partial charge on any atom is 0.122 e. The Hall–Kier alpha value is -0.450. The molecule has 0 saturated heterocycles. The van der Waals surface area contributed by atoms with Gasteiger partial charge in [-0.15, -0.1) is 11.3 Å². The van der Waals surface area contributed by atoms with Gasteiger partial charge in [0.1, 0.15) is 11.1 Å². The largest absolute Gasteiger partial charge is 0.371 e. The van der Waals surface area contributed by atoms with Crippen molar-refractivity contribution in [1.29, 1.82) is 0 Å². The number of nitrogens with zero attached hydrogens (tertiary/aromatic N) is 1. The van der Waals surface area contributed by atoms with E-state index < -0.39 is 0 Å². The van der Waals surface area contributed by atoms with Gasteiger partial charge < -0.3 is 10.1 Å². The summed E-state index contributed by atoms with van der Waals surface area (Å²) in [6, 6.07) is 0. The monoisotopic (exact) mass is 308 g/mol. The molecule has 1 heterocycles. The summed E-state index contributed by atoms with van der Waals surface area (Å²) in [5.41, 5.74) is 1.38. The van der Waals surface area contributed by atoms with Crippen LogP contribution in [0.15, 0.2) is 0 Å². The normalized spacial score (nSPS) is 23.0. The van der Waals surface area contributed by atoms with E-state index in [1.54, 1.807) is 0 Å². The lowest BCUT2D eigenvalue weighted by Crippen LogP contribution is -2.25. The van der Waals surface area contributed by atoms with E-state index in [1.807, 2.05) is 11.3 Å². The van der Waals surface area contributed by atoms with Gasteiger partial charge >= 0.3 is 0 Å². The van der Waals surface area contributed by atoms with E-state index in [0.29, 0.717) is 5.92 Å². The molecule has 4 heteroatoms. The van der Waals surface area contributed by atoms with Gasteiger partial charge in [0, 0.05) is 23.9 Å². The molecule has 3 rings (SSSR count). The fraction of sp³-hybridized carbons (Fsp3) is 0.824. The predicted octanol–water partition coefficient (Wildman–Crippen LogP) is 4.05. The summed E-state index contributed by atoms with van der Waals surface area (Å²) in [6.07, 6.45) is 7.93. The molecule has 3 nitrogen and oxygen atoms in total. The Morgan fingerprint density at radius 3 is 2.90 bits per heavy atom. The molecular weight excluding hydrogens is 280 g/mol. The Morgan fingerprint density at radius 1 is 1.33 bits per heavy atom. The highest BCUT2D eigenvalue weighted by molar-refractivity contribution is 7.11. The molecular formula is C17H28N2OS. The minimum absolute atomic E-state index is 0.273. The number of nitrogens with one attached hydrogen (secondary N) is 1. The van der Waals surface area contributed by atoms with Crippen molar-refractivity contribution in [2.24, 2.45) is 5.92 Å². The molecule has 1 fully saturated rings. The summed E-state index contributed by atoms with van der Waals surface area (Å²) in [5, 5.41) is 4.83. The van der Waals surface area contributed by atoms with Crippen molar-refractivity contribution in [3.8, 4) is 0 Å². The summed E-state index contributed by atoms with van der Waals surface area (Å²) >= 11 is 1.93. The summed E-state index contributed by atoms with van der Waals surface area (Å²) in [4.78, 5) is 6.58. The summed E-state index contributed by atoms with van der Waals surface area (Å²) in [7, 11) is 0. The first-order valence-electron chi connectivity index (χ1n) is 8.65. The molecule has 2 aliphatic carbocycles. The Balaban J connectivity index is 1.73. The van der Waals surface area contributed by atoms with Gasteiger partial charge in [-0.05, 0) is 57.9 Å². The standard InChI is InChI=1S/C17H28N2OS/c1-3-10-18-11-13-6-5-7-14-15(13)19-17(21-14)16(20-4-2)12-8-9-12/h12-13,16,18H,3-11H2,1-2H3. The van der Waals surface area contributed by atoms with E-state index in [0.717, 1.165) is 25.6 Å². The Morgan fingerprint density at radius 2 is 2.19 bits per heavy atom. The van der Waals surface area contributed by atoms with Crippen LogP contribution < -0.4 is 5.32 Å². The van der Waals surface area contributed by atoms with Gasteiger partial charge in [-0.25, -0.2) is 4.98 Å². The van der Waals surface area contributed by atoms with E-state index in [-0.39, 0.29) is 6.10 Å². The number of ether oxygens (including phenoxy) is 1. The second-order valence-corrected chi connectivity index (χ2v) is 7.48. The molecule has 1 aromatic rings. The summed E-state index contributed by atoms with van der Waals surface area (Å²) < 4.78 is 6.00. The van der Waals surface area contributed by atoms with Gasteiger partial charge in [-0.1, -0.05) is 6.92 Å². The van der Waals surface area contributed by atoms with Crippen molar-refractivity contribution in [3.05, 3.63) is 15.6 Å². The van der Waals surface area contributed by atoms with E-state index in [1.165, 1.54) is 54.1 Å². The van der Waals surface area contributed by atoms with E-state index in [2.05, 4.69) is 19.2 Å². The molecule has 1 saturated carbocycles. The average Bonchev–Trinajstić information content (AvgIpc) is 3.23. The molecule has 1 N–H and O–H groups in total. The van der Waals surface area contributed by atoms with Gasteiger partial charge in [0.15, 0.2) is 0 Å². The van der Waals surface area contributed by atoms with Crippen LogP contribution in [0.25, 0.3) is 0 Å². The quantitative estimate of drug-likeness (QED) is 0.736. The lowest BCUT2D eigenvalue weighted by Gasteiger charge is -2.21. The van der Waals surface area contributed by atoms with Crippen molar-refractivity contribution in [2.45, 2.75) is 64.4 Å². The van der Waals surface area contributed by atoms with Crippen LogP contribution in [0.1, 0.15) is 73.6 Å². The van der Waals surface area contributed by atoms with Crippen molar-refractivity contribution in [1.82, 2.24) is 10.3 Å². The zero-order chi connectivity index (χ0) is 14.7. The van der Waals surface area contributed by atoms with E-state index >= 15 is 0 Å². The highest BCUT2D eigenvalue weighted by Crippen LogP contribution is 2.46. The number of fused-ring (bicyclic) bond motifs is 1. The number of aromatic nitrogens is 1. The fourth-order valence-corrected chi connectivity index (χ4v) is 4.62. The average molecular weight is 308 g/mol. The molecule has 2 unspecified atom stereocenters. The molecule has 0 spiro atoms. The number of thiazole rings is 1. The van der Waals surface area contributed by atoms with Crippen LogP contribution in [-0.4, -0.2) is 24.7 Å². The molecule has 118 valence electrons. The van der Waals surface area contributed by atoms with Gasteiger partial charge in [0.25, 0.3) is 0 Å². The zero-order valence-corrected chi connectivity index (χ0v) is 14.2. The highest BCUT2D eigenvalue weighted by Gasteiger charge is 2.36. The van der Waals surface area contributed by atoms with Gasteiger partial charge in [-0.3, -0.25) is 0 Å². The number of hydrogen-bond donors (Lipinski definition) is 1. The van der Waals surface area contributed by atoms with Crippen LogP contribution >= 0.6 is 11.3 Å². The molecule has 1 aromatic heterocycles. The van der Waals surface area contributed by atoms with Gasteiger partial charge in [0.05, 0.1) is 5.69 Å². The molecule has 21 heavy (non-hydrogen) atoms. The van der Waals surface area contributed by atoms with Crippen molar-refractivity contribution in [3.63, 3.8) is 0 Å². The molecule has 0 amide bonds. The second-order valence-electron chi connectivity index (χ2n) is 6.37. The Bertz CT molecular complexity index is 456. The van der Waals surface area contributed by atoms with Crippen LogP contribution in [0.2, 0.25) is 0 Å². The molecule has 0 aromatic carbocycles. The molecule has 0 bridgehead atoms. The van der Waals surface area contributed by atoms with Gasteiger partial charge in [0.2, 0.25) is 0 Å². The SMILES string of the molecule is CCCNCC1CCCc2sc(C(OCC)C3CC3)nc21. The second kappa shape index (κ2) is 7.21. The first kappa shape index (κ1) is 15.4. The molecule has 0 radical (unpaired) electrons. The number of hydrogen-bond acceptors (Lipinski definition) is 4. The smallest absolute Gasteiger partial charge is 0.122 e. The fourth-order valence-electron chi connectivity index (χ4n) is 3.29. The number of aryl methyl sites for hydroxylation is 1. The summed E-state index contributed by atoms with van der Waals surface area (Å²) in [6.45, 7) is 7.33. The Kier molecular flexibility index (Phi) is 5.30. The molecule has 0 aliphatic heterocycles. The van der Waals surface area contributed by atoms with Crippen LogP contribution in [-0.2, 0) is 11.2 Å². The molecule has 2 atom stereocenters. The van der Waals surface area contributed by atoms with Crippen LogP contribution in [0, 0.1) is 5.92 Å².